The minimum Gasteiger partial charge on any atom is -0.350 e. The molecule has 1 aromatic heterocycles. The van der Waals surface area contributed by atoms with Gasteiger partial charge in [-0.3, -0.25) is 14.5 Å². The third kappa shape index (κ3) is 6.17. The Morgan fingerprint density at radius 3 is 2.54 bits per heavy atom. The van der Waals surface area contributed by atoms with Crippen LogP contribution in [0.3, 0.4) is 0 Å². The second-order valence-electron chi connectivity index (χ2n) is 7.43. The Hall–Kier alpha value is -2.18. The third-order valence-electron chi connectivity index (χ3n) is 5.05. The van der Waals surface area contributed by atoms with Crippen LogP contribution in [0.4, 0.5) is 0 Å². The van der Waals surface area contributed by atoms with E-state index in [0.717, 1.165) is 12.1 Å². The molecule has 2 amide bonds. The van der Waals surface area contributed by atoms with Gasteiger partial charge in [0.25, 0.3) is 5.91 Å². The monoisotopic (exact) mass is 399 g/mol. The van der Waals surface area contributed by atoms with Gasteiger partial charge in [0.05, 0.1) is 11.4 Å². The maximum Gasteiger partial charge on any atom is 0.264 e. The summed E-state index contributed by atoms with van der Waals surface area (Å²) >= 11 is 1.39. The zero-order valence-electron chi connectivity index (χ0n) is 16.5. The van der Waals surface area contributed by atoms with Crippen LogP contribution in [0.1, 0.15) is 46.5 Å². The number of nitrogens with zero attached hydrogens (tertiary/aromatic N) is 2. The van der Waals surface area contributed by atoms with Crippen LogP contribution in [0.25, 0.3) is 0 Å². The highest BCUT2D eigenvalue weighted by Gasteiger charge is 2.15. The van der Waals surface area contributed by atoms with Crippen LogP contribution in [0.15, 0.2) is 41.8 Å². The molecule has 1 fully saturated rings. The first-order valence-corrected chi connectivity index (χ1v) is 10.9. The summed E-state index contributed by atoms with van der Waals surface area (Å²) in [7, 11) is 1.66. The molecule has 0 bridgehead atoms. The lowest BCUT2D eigenvalue weighted by Crippen LogP contribution is -2.37. The Labute approximate surface area is 171 Å². The van der Waals surface area contributed by atoms with Crippen molar-refractivity contribution < 1.29 is 9.59 Å². The minimum absolute atomic E-state index is 0.0597. The summed E-state index contributed by atoms with van der Waals surface area (Å²) in [5, 5.41) is 4.79. The first-order chi connectivity index (χ1) is 13.6. The molecule has 2 aromatic rings. The van der Waals surface area contributed by atoms with Crippen LogP contribution in [0.5, 0.6) is 0 Å². The standard InChI is InChI=1S/C22H29N3O2S/c1-24(22(27)20-10-7-13-28-20)17-21(26)23-15-18-8-6-9-19(14-18)16-25-11-4-2-3-5-12-25/h6-10,13-14H,2-5,11-12,15-17H2,1H3,(H,23,26). The first kappa shape index (κ1) is 20.6. The first-order valence-electron chi connectivity index (χ1n) is 9.97. The van der Waals surface area contributed by atoms with Crippen molar-refractivity contribution in [2.75, 3.05) is 26.7 Å². The van der Waals surface area contributed by atoms with Gasteiger partial charge in [0.1, 0.15) is 0 Å². The Balaban J connectivity index is 1.47. The molecule has 0 atom stereocenters. The number of amides is 2. The highest BCUT2D eigenvalue weighted by atomic mass is 32.1. The highest BCUT2D eigenvalue weighted by Crippen LogP contribution is 2.14. The number of likely N-dealkylation sites (tertiary alicyclic amines) is 1. The van der Waals surface area contributed by atoms with Gasteiger partial charge in [-0.05, 0) is 48.5 Å². The molecule has 0 radical (unpaired) electrons. The summed E-state index contributed by atoms with van der Waals surface area (Å²) in [6.07, 6.45) is 5.25. The van der Waals surface area contributed by atoms with Crippen molar-refractivity contribution in [3.8, 4) is 0 Å². The molecule has 3 rings (SSSR count). The van der Waals surface area contributed by atoms with Crippen molar-refractivity contribution in [2.45, 2.75) is 38.8 Å². The Morgan fingerprint density at radius 2 is 1.82 bits per heavy atom. The van der Waals surface area contributed by atoms with E-state index >= 15 is 0 Å². The minimum atomic E-state index is -0.148. The molecule has 1 aromatic carbocycles. The zero-order chi connectivity index (χ0) is 19.8. The molecule has 1 saturated heterocycles. The molecule has 0 saturated carbocycles. The van der Waals surface area contributed by atoms with E-state index in [1.54, 1.807) is 13.1 Å². The maximum absolute atomic E-state index is 12.2. The molecule has 2 heterocycles. The molecular weight excluding hydrogens is 370 g/mol. The summed E-state index contributed by atoms with van der Waals surface area (Å²) in [5.41, 5.74) is 2.38. The van der Waals surface area contributed by atoms with Gasteiger partial charge in [0.2, 0.25) is 5.91 Å². The molecule has 0 unspecified atom stereocenters. The average molecular weight is 400 g/mol. The fourth-order valence-electron chi connectivity index (χ4n) is 3.52. The lowest BCUT2D eigenvalue weighted by atomic mass is 10.1. The fraction of sp³-hybridized carbons (Fsp3) is 0.455. The number of hydrogen-bond acceptors (Lipinski definition) is 4. The predicted octanol–water partition coefficient (Wildman–Crippen LogP) is 3.51. The lowest BCUT2D eigenvalue weighted by Gasteiger charge is -2.20. The summed E-state index contributed by atoms with van der Waals surface area (Å²) < 4.78 is 0. The second kappa shape index (κ2) is 10.4. The molecule has 1 aliphatic heterocycles. The molecule has 0 spiro atoms. The highest BCUT2D eigenvalue weighted by molar-refractivity contribution is 7.12. The summed E-state index contributed by atoms with van der Waals surface area (Å²) in [6, 6.07) is 12.0. The largest absolute Gasteiger partial charge is 0.350 e. The Bertz CT molecular complexity index is 768. The number of nitrogens with one attached hydrogen (secondary N) is 1. The van der Waals surface area contributed by atoms with Crippen molar-refractivity contribution in [1.29, 1.82) is 0 Å². The van der Waals surface area contributed by atoms with Crippen LogP contribution >= 0.6 is 11.3 Å². The van der Waals surface area contributed by atoms with Gasteiger partial charge >= 0.3 is 0 Å². The van der Waals surface area contributed by atoms with Crippen molar-refractivity contribution >= 4 is 23.2 Å². The summed E-state index contributed by atoms with van der Waals surface area (Å²) in [5.74, 6) is -0.269. The second-order valence-corrected chi connectivity index (χ2v) is 8.37. The van der Waals surface area contributed by atoms with Crippen molar-refractivity contribution in [1.82, 2.24) is 15.1 Å². The Morgan fingerprint density at radius 1 is 1.07 bits per heavy atom. The molecular formula is C22H29N3O2S. The smallest absolute Gasteiger partial charge is 0.264 e. The molecule has 6 heteroatoms. The molecule has 5 nitrogen and oxygen atoms in total. The topological polar surface area (TPSA) is 52.7 Å². The number of thiophene rings is 1. The number of likely N-dealkylation sites (N-methyl/N-ethyl adjacent to an activating group) is 1. The predicted molar refractivity (Wildman–Crippen MR) is 113 cm³/mol. The van der Waals surface area contributed by atoms with Crippen LogP contribution in [-0.2, 0) is 17.9 Å². The van der Waals surface area contributed by atoms with Gasteiger partial charge in [-0.2, -0.15) is 0 Å². The Kier molecular flexibility index (Phi) is 7.62. The van der Waals surface area contributed by atoms with Crippen molar-refractivity contribution in [2.24, 2.45) is 0 Å². The molecule has 150 valence electrons. The maximum atomic E-state index is 12.2. The van der Waals surface area contributed by atoms with Crippen molar-refractivity contribution in [3.63, 3.8) is 0 Å². The van der Waals surface area contributed by atoms with E-state index in [2.05, 4.69) is 28.4 Å². The van der Waals surface area contributed by atoms with E-state index in [1.807, 2.05) is 17.5 Å². The molecule has 0 aliphatic carbocycles. The SMILES string of the molecule is CN(CC(=O)NCc1cccc(CN2CCCCCC2)c1)C(=O)c1cccs1. The number of hydrogen-bond donors (Lipinski definition) is 1. The normalized spacial score (nSPS) is 15.0. The number of rotatable bonds is 7. The average Bonchev–Trinajstić information content (AvgIpc) is 3.11. The quantitative estimate of drug-likeness (QED) is 0.775. The van der Waals surface area contributed by atoms with Crippen LogP contribution in [-0.4, -0.2) is 48.3 Å². The van der Waals surface area contributed by atoms with Crippen LogP contribution in [0.2, 0.25) is 0 Å². The number of benzene rings is 1. The summed E-state index contributed by atoms with van der Waals surface area (Å²) in [4.78, 5) is 29.1. The van der Waals surface area contributed by atoms with Crippen molar-refractivity contribution in [3.05, 3.63) is 57.8 Å². The molecule has 1 aliphatic rings. The van der Waals surface area contributed by atoms with Crippen LogP contribution in [0, 0.1) is 0 Å². The number of carbonyl (C=O) groups excluding carboxylic acids is 2. The van der Waals surface area contributed by atoms with Crippen LogP contribution < -0.4 is 5.32 Å². The fourth-order valence-corrected chi connectivity index (χ4v) is 4.24. The van der Waals surface area contributed by atoms with Gasteiger partial charge in [-0.25, -0.2) is 0 Å². The van der Waals surface area contributed by atoms with Gasteiger partial charge in [0, 0.05) is 20.1 Å². The van der Waals surface area contributed by atoms with E-state index in [0.29, 0.717) is 11.4 Å². The van der Waals surface area contributed by atoms with E-state index in [4.69, 9.17) is 0 Å². The third-order valence-corrected chi connectivity index (χ3v) is 5.90. The van der Waals surface area contributed by atoms with Gasteiger partial charge < -0.3 is 10.2 Å². The van der Waals surface area contributed by atoms with Gasteiger partial charge in [0.15, 0.2) is 0 Å². The van der Waals surface area contributed by atoms with E-state index in [-0.39, 0.29) is 18.4 Å². The van der Waals surface area contributed by atoms with Gasteiger partial charge in [-0.1, -0.05) is 43.2 Å². The zero-order valence-corrected chi connectivity index (χ0v) is 17.3. The van der Waals surface area contributed by atoms with E-state index in [1.165, 1.54) is 60.6 Å². The molecule has 28 heavy (non-hydrogen) atoms. The van der Waals surface area contributed by atoms with E-state index in [9.17, 15) is 9.59 Å². The lowest BCUT2D eigenvalue weighted by molar-refractivity contribution is -0.121. The molecule has 1 N–H and O–H groups in total. The van der Waals surface area contributed by atoms with Gasteiger partial charge in [-0.15, -0.1) is 11.3 Å². The summed E-state index contributed by atoms with van der Waals surface area (Å²) in [6.45, 7) is 3.86. The number of carbonyl (C=O) groups is 2. The van der Waals surface area contributed by atoms with E-state index < -0.39 is 0 Å².